The summed E-state index contributed by atoms with van der Waals surface area (Å²) in [6.07, 6.45) is 8.27. The molecule has 1 aromatic carbocycles. The van der Waals surface area contributed by atoms with Gasteiger partial charge in [0, 0.05) is 37.4 Å². The van der Waals surface area contributed by atoms with E-state index in [0.717, 1.165) is 31.1 Å². The lowest BCUT2D eigenvalue weighted by atomic mass is 10.3. The van der Waals surface area contributed by atoms with E-state index in [2.05, 4.69) is 32.7 Å². The summed E-state index contributed by atoms with van der Waals surface area (Å²) < 4.78 is 3.86. The van der Waals surface area contributed by atoms with Crippen molar-refractivity contribution in [3.63, 3.8) is 0 Å². The normalized spacial score (nSPS) is 10.6. The zero-order valence-electron chi connectivity index (χ0n) is 11.1. The fourth-order valence-corrected chi connectivity index (χ4v) is 2.02. The van der Waals surface area contributed by atoms with Crippen LogP contribution in [0.15, 0.2) is 55.1 Å². The maximum atomic E-state index is 4.34. The highest BCUT2D eigenvalue weighted by Crippen LogP contribution is 2.13. The van der Waals surface area contributed by atoms with Crippen LogP contribution >= 0.6 is 0 Å². The van der Waals surface area contributed by atoms with Crippen LogP contribution in [-0.4, -0.2) is 31.1 Å². The largest absolute Gasteiger partial charge is 0.355 e. The van der Waals surface area contributed by atoms with Gasteiger partial charge in [0.25, 0.3) is 0 Å². The van der Waals surface area contributed by atoms with Crippen molar-refractivity contribution in [1.82, 2.24) is 24.5 Å². The molecule has 1 N–H and O–H groups in total. The quantitative estimate of drug-likeness (QED) is 0.694. The Morgan fingerprint density at radius 3 is 2.75 bits per heavy atom. The van der Waals surface area contributed by atoms with Crippen molar-refractivity contribution < 1.29 is 0 Å². The third-order valence-electron chi connectivity index (χ3n) is 2.99. The molecule has 2 aromatic heterocycles. The number of nitrogens with one attached hydrogen (secondary N) is 1. The van der Waals surface area contributed by atoms with E-state index in [1.54, 1.807) is 12.4 Å². The molecule has 0 aliphatic heterocycles. The maximum absolute atomic E-state index is 4.34. The summed E-state index contributed by atoms with van der Waals surface area (Å²) in [5.41, 5.74) is 1.10. The first-order chi connectivity index (χ1) is 9.93. The second-order valence-corrected chi connectivity index (χ2v) is 4.40. The van der Waals surface area contributed by atoms with Crippen LogP contribution < -0.4 is 5.32 Å². The minimum Gasteiger partial charge on any atom is -0.355 e. The topological polar surface area (TPSA) is 60.6 Å². The highest BCUT2D eigenvalue weighted by atomic mass is 15.4. The molecule has 0 bridgehead atoms. The van der Waals surface area contributed by atoms with E-state index >= 15 is 0 Å². The zero-order chi connectivity index (χ0) is 13.6. The van der Waals surface area contributed by atoms with E-state index in [4.69, 9.17) is 0 Å². The first kappa shape index (κ1) is 12.4. The van der Waals surface area contributed by atoms with Crippen molar-refractivity contribution in [1.29, 1.82) is 0 Å². The third kappa shape index (κ3) is 2.85. The van der Waals surface area contributed by atoms with Crippen LogP contribution in [0, 0.1) is 0 Å². The molecule has 0 saturated carbocycles. The summed E-state index contributed by atoms with van der Waals surface area (Å²) >= 11 is 0. The summed E-state index contributed by atoms with van der Waals surface area (Å²) in [5.74, 6) is 0.856. The van der Waals surface area contributed by atoms with Gasteiger partial charge in [-0.25, -0.2) is 4.98 Å². The van der Waals surface area contributed by atoms with Gasteiger partial charge in [-0.1, -0.05) is 23.4 Å². The van der Waals surface area contributed by atoms with Gasteiger partial charge in [-0.2, -0.15) is 0 Å². The Balaban J connectivity index is 1.57. The van der Waals surface area contributed by atoms with Crippen LogP contribution in [0.2, 0.25) is 0 Å². The van der Waals surface area contributed by atoms with E-state index in [-0.39, 0.29) is 0 Å². The average molecular weight is 268 g/mol. The fraction of sp³-hybridized carbons (Fsp3) is 0.214. The van der Waals surface area contributed by atoms with Crippen LogP contribution in [0.4, 0.5) is 5.95 Å². The number of benzene rings is 1. The van der Waals surface area contributed by atoms with Crippen molar-refractivity contribution >= 4 is 5.95 Å². The van der Waals surface area contributed by atoms with Crippen LogP contribution in [0.3, 0.4) is 0 Å². The summed E-state index contributed by atoms with van der Waals surface area (Å²) in [5, 5.41) is 11.1. The molecule has 6 nitrogen and oxygen atoms in total. The van der Waals surface area contributed by atoms with E-state index in [1.165, 1.54) is 0 Å². The van der Waals surface area contributed by atoms with Gasteiger partial charge in [0.1, 0.15) is 0 Å². The molecule has 0 spiro atoms. The van der Waals surface area contributed by atoms with E-state index < -0.39 is 0 Å². The molecule has 0 radical (unpaired) electrons. The molecule has 3 rings (SSSR count). The standard InChI is InChI=1S/C14H16N6/c1-2-5-13(6-3-1)20-12-8-16-14(20)15-7-4-10-19-11-9-17-18-19/h1-3,5-6,8-9,11-12H,4,7,10H2,(H,15,16). The lowest BCUT2D eigenvalue weighted by Crippen LogP contribution is -2.10. The van der Waals surface area contributed by atoms with Crippen molar-refractivity contribution in [2.24, 2.45) is 0 Å². The molecule has 0 aliphatic carbocycles. The van der Waals surface area contributed by atoms with E-state index in [1.807, 2.05) is 39.8 Å². The first-order valence-corrected chi connectivity index (χ1v) is 6.60. The van der Waals surface area contributed by atoms with Crippen LogP contribution in [0.1, 0.15) is 6.42 Å². The highest BCUT2D eigenvalue weighted by Gasteiger charge is 2.03. The molecule has 102 valence electrons. The molecule has 0 saturated heterocycles. The Hall–Kier alpha value is -2.63. The summed E-state index contributed by atoms with van der Waals surface area (Å²) in [4.78, 5) is 4.34. The number of nitrogens with zero attached hydrogens (tertiary/aromatic N) is 5. The molecular weight excluding hydrogens is 252 g/mol. The molecular formula is C14H16N6. The Morgan fingerprint density at radius 1 is 1.05 bits per heavy atom. The number of aryl methyl sites for hydroxylation is 1. The number of rotatable bonds is 6. The van der Waals surface area contributed by atoms with Gasteiger partial charge in [0.05, 0.1) is 6.20 Å². The van der Waals surface area contributed by atoms with Crippen LogP contribution in [-0.2, 0) is 6.54 Å². The SMILES string of the molecule is c1ccc(-n2ccnc2NCCCn2ccnn2)cc1. The van der Waals surface area contributed by atoms with Crippen molar-refractivity contribution in [2.75, 3.05) is 11.9 Å². The molecule has 0 amide bonds. The highest BCUT2D eigenvalue weighted by molar-refractivity contribution is 5.41. The summed E-state index contributed by atoms with van der Waals surface area (Å²) in [6.45, 7) is 1.68. The Kier molecular flexibility index (Phi) is 3.73. The second-order valence-electron chi connectivity index (χ2n) is 4.40. The number of anilines is 1. The molecule has 2 heterocycles. The number of para-hydroxylation sites is 1. The number of imidazole rings is 1. The molecule has 0 fully saturated rings. The van der Waals surface area contributed by atoms with E-state index in [0.29, 0.717) is 0 Å². The Labute approximate surface area is 117 Å². The Morgan fingerprint density at radius 2 is 1.95 bits per heavy atom. The van der Waals surface area contributed by atoms with Gasteiger partial charge < -0.3 is 5.32 Å². The van der Waals surface area contributed by atoms with Crippen molar-refractivity contribution in [3.8, 4) is 5.69 Å². The minimum absolute atomic E-state index is 0.837. The van der Waals surface area contributed by atoms with Gasteiger partial charge in [-0.15, -0.1) is 5.10 Å². The lowest BCUT2D eigenvalue weighted by molar-refractivity contribution is 0.569. The minimum atomic E-state index is 0.837. The molecule has 0 aliphatic rings. The smallest absolute Gasteiger partial charge is 0.207 e. The number of hydrogen-bond donors (Lipinski definition) is 1. The average Bonchev–Trinajstić information content (AvgIpc) is 3.16. The van der Waals surface area contributed by atoms with Crippen LogP contribution in [0.25, 0.3) is 5.69 Å². The monoisotopic (exact) mass is 268 g/mol. The summed E-state index contributed by atoms with van der Waals surface area (Å²) in [7, 11) is 0. The number of aromatic nitrogens is 5. The third-order valence-corrected chi connectivity index (χ3v) is 2.99. The molecule has 20 heavy (non-hydrogen) atoms. The van der Waals surface area contributed by atoms with Gasteiger partial charge in [0.2, 0.25) is 5.95 Å². The maximum Gasteiger partial charge on any atom is 0.207 e. The van der Waals surface area contributed by atoms with Gasteiger partial charge in [0.15, 0.2) is 0 Å². The predicted molar refractivity (Wildman–Crippen MR) is 76.7 cm³/mol. The van der Waals surface area contributed by atoms with Gasteiger partial charge in [-0.05, 0) is 18.6 Å². The van der Waals surface area contributed by atoms with E-state index in [9.17, 15) is 0 Å². The second kappa shape index (κ2) is 6.01. The Bertz CT molecular complexity index is 629. The predicted octanol–water partition coefficient (Wildman–Crippen LogP) is 1.97. The molecule has 0 unspecified atom stereocenters. The first-order valence-electron chi connectivity index (χ1n) is 6.60. The number of hydrogen-bond acceptors (Lipinski definition) is 4. The zero-order valence-corrected chi connectivity index (χ0v) is 11.1. The fourth-order valence-electron chi connectivity index (χ4n) is 2.02. The van der Waals surface area contributed by atoms with Gasteiger partial charge in [-0.3, -0.25) is 9.25 Å². The summed E-state index contributed by atoms with van der Waals surface area (Å²) in [6, 6.07) is 10.2. The van der Waals surface area contributed by atoms with Crippen LogP contribution in [0.5, 0.6) is 0 Å². The lowest BCUT2D eigenvalue weighted by Gasteiger charge is -2.09. The molecule has 6 heteroatoms. The van der Waals surface area contributed by atoms with Crippen molar-refractivity contribution in [3.05, 3.63) is 55.1 Å². The van der Waals surface area contributed by atoms with Crippen molar-refractivity contribution in [2.45, 2.75) is 13.0 Å². The van der Waals surface area contributed by atoms with Gasteiger partial charge >= 0.3 is 0 Å². The molecule has 3 aromatic rings. The molecule has 0 atom stereocenters.